The Labute approximate surface area is 194 Å². The Bertz CT molecular complexity index is 1080. The molecule has 0 aromatic heterocycles. The van der Waals surface area contributed by atoms with Crippen LogP contribution in [-0.2, 0) is 9.59 Å². The highest BCUT2D eigenvalue weighted by molar-refractivity contribution is 6.08. The molecule has 0 bridgehead atoms. The summed E-state index contributed by atoms with van der Waals surface area (Å²) in [7, 11) is 0. The van der Waals surface area contributed by atoms with E-state index in [0.717, 1.165) is 36.8 Å². The zero-order valence-corrected chi connectivity index (χ0v) is 19.7. The normalized spacial score (nSPS) is 17.3. The van der Waals surface area contributed by atoms with Crippen molar-refractivity contribution in [2.75, 3.05) is 16.8 Å². The molecule has 1 aliphatic carbocycles. The zero-order valence-electron chi connectivity index (χ0n) is 19.7. The number of nitrogens with one attached hydrogen (secondary N) is 2. The summed E-state index contributed by atoms with van der Waals surface area (Å²) in [5, 5.41) is 5.95. The molecule has 0 spiro atoms. The van der Waals surface area contributed by atoms with Crippen LogP contribution in [0.4, 0.5) is 11.4 Å². The van der Waals surface area contributed by atoms with Gasteiger partial charge in [0.1, 0.15) is 12.3 Å². The lowest BCUT2D eigenvalue weighted by Crippen LogP contribution is -2.54. The molecule has 0 saturated heterocycles. The van der Waals surface area contributed by atoms with E-state index in [2.05, 4.69) is 10.6 Å². The first-order valence-corrected chi connectivity index (χ1v) is 11.5. The lowest BCUT2D eigenvalue weighted by molar-refractivity contribution is -0.133. The summed E-state index contributed by atoms with van der Waals surface area (Å²) in [4.78, 5) is 40.3. The molecule has 0 unspecified atom stereocenters. The van der Waals surface area contributed by atoms with Gasteiger partial charge in [0.15, 0.2) is 5.60 Å². The summed E-state index contributed by atoms with van der Waals surface area (Å²) in [5.74, 6) is -0.366. The third-order valence-corrected chi connectivity index (χ3v) is 6.13. The number of amides is 3. The van der Waals surface area contributed by atoms with Gasteiger partial charge in [0.05, 0.1) is 5.69 Å². The number of rotatable bonds is 5. The third-order valence-electron chi connectivity index (χ3n) is 6.13. The second-order valence-corrected chi connectivity index (χ2v) is 9.57. The Kier molecular flexibility index (Phi) is 6.15. The fourth-order valence-electron chi connectivity index (χ4n) is 4.60. The molecular weight excluding hydrogens is 418 g/mol. The maximum absolute atomic E-state index is 13.2. The second kappa shape index (κ2) is 8.89. The van der Waals surface area contributed by atoms with Crippen molar-refractivity contribution in [1.29, 1.82) is 0 Å². The highest BCUT2D eigenvalue weighted by Crippen LogP contribution is 2.38. The Morgan fingerprint density at radius 1 is 1.06 bits per heavy atom. The summed E-state index contributed by atoms with van der Waals surface area (Å²) in [5.41, 5.74) is 2.50. The quantitative estimate of drug-likeness (QED) is 0.719. The van der Waals surface area contributed by atoms with Crippen LogP contribution in [0.15, 0.2) is 36.4 Å². The van der Waals surface area contributed by atoms with Crippen LogP contribution >= 0.6 is 0 Å². The van der Waals surface area contributed by atoms with Crippen LogP contribution in [0.25, 0.3) is 0 Å². The molecule has 1 aliphatic heterocycles. The van der Waals surface area contributed by atoms with Gasteiger partial charge in [-0.25, -0.2) is 0 Å². The molecule has 7 nitrogen and oxygen atoms in total. The van der Waals surface area contributed by atoms with Gasteiger partial charge >= 0.3 is 0 Å². The van der Waals surface area contributed by atoms with Crippen LogP contribution in [-0.4, -0.2) is 35.9 Å². The predicted molar refractivity (Wildman–Crippen MR) is 128 cm³/mol. The van der Waals surface area contributed by atoms with Crippen LogP contribution in [0.2, 0.25) is 0 Å². The number of benzene rings is 2. The van der Waals surface area contributed by atoms with Crippen molar-refractivity contribution in [2.45, 2.75) is 65.0 Å². The Hall–Kier alpha value is -3.35. The van der Waals surface area contributed by atoms with Gasteiger partial charge in [0.25, 0.3) is 11.8 Å². The summed E-state index contributed by atoms with van der Waals surface area (Å²) >= 11 is 0. The monoisotopic (exact) mass is 449 g/mol. The minimum Gasteiger partial charge on any atom is -0.476 e. The van der Waals surface area contributed by atoms with Gasteiger partial charge in [-0.05, 0) is 82.0 Å². The first-order chi connectivity index (χ1) is 15.6. The standard InChI is InChI=1S/C26H31N3O4/c1-16-11-17(2)13-20(12-16)27-23(30)15-29-21-14-18(24(31)28-19-7-5-6-8-19)9-10-22(21)33-26(3,4)25(29)32/h9-14,19H,5-8,15H2,1-4H3,(H,27,30)(H,28,31). The number of fused-ring (bicyclic) bond motifs is 1. The third kappa shape index (κ3) is 5.02. The maximum atomic E-state index is 13.2. The van der Waals surface area contributed by atoms with Crippen molar-refractivity contribution < 1.29 is 19.1 Å². The first kappa shape index (κ1) is 22.8. The molecule has 0 radical (unpaired) electrons. The fraction of sp³-hybridized carbons (Fsp3) is 0.423. The van der Waals surface area contributed by atoms with Crippen LogP contribution in [0.3, 0.4) is 0 Å². The smallest absolute Gasteiger partial charge is 0.271 e. The number of hydrogen-bond acceptors (Lipinski definition) is 4. The molecule has 4 rings (SSSR count). The molecule has 2 N–H and O–H groups in total. The van der Waals surface area contributed by atoms with E-state index in [0.29, 0.717) is 22.7 Å². The molecule has 2 aliphatic rings. The van der Waals surface area contributed by atoms with Crippen LogP contribution in [0, 0.1) is 13.8 Å². The summed E-state index contributed by atoms with van der Waals surface area (Å²) in [6.07, 6.45) is 4.21. The minimum absolute atomic E-state index is 0.179. The van der Waals surface area contributed by atoms with Crippen molar-refractivity contribution in [3.05, 3.63) is 53.1 Å². The average molecular weight is 450 g/mol. The highest BCUT2D eigenvalue weighted by atomic mass is 16.5. The number of aryl methyl sites for hydroxylation is 2. The molecule has 7 heteroatoms. The van der Waals surface area contributed by atoms with E-state index in [4.69, 9.17) is 4.74 Å². The van der Waals surface area contributed by atoms with Gasteiger partial charge in [-0.1, -0.05) is 18.9 Å². The topological polar surface area (TPSA) is 87.7 Å². The van der Waals surface area contributed by atoms with Crippen molar-refractivity contribution in [1.82, 2.24) is 5.32 Å². The fourth-order valence-corrected chi connectivity index (χ4v) is 4.60. The van der Waals surface area contributed by atoms with Crippen LogP contribution in [0.1, 0.15) is 61.0 Å². The predicted octanol–water partition coefficient (Wildman–Crippen LogP) is 4.12. The van der Waals surface area contributed by atoms with Crippen LogP contribution < -0.4 is 20.3 Å². The molecule has 2 aromatic rings. The van der Waals surface area contributed by atoms with Gasteiger partial charge in [-0.2, -0.15) is 0 Å². The number of carbonyl (C=O) groups excluding carboxylic acids is 3. The van der Waals surface area contributed by atoms with E-state index in [1.165, 1.54) is 4.90 Å². The number of ether oxygens (including phenoxy) is 1. The van der Waals surface area contributed by atoms with Gasteiger partial charge in [0, 0.05) is 17.3 Å². The van der Waals surface area contributed by atoms with Gasteiger partial charge in [-0.15, -0.1) is 0 Å². The van der Waals surface area contributed by atoms with Gasteiger partial charge in [-0.3, -0.25) is 19.3 Å². The zero-order chi connectivity index (χ0) is 23.8. The lowest BCUT2D eigenvalue weighted by atomic mass is 10.0. The number of anilines is 2. The number of carbonyl (C=O) groups is 3. The molecule has 1 fully saturated rings. The molecule has 33 heavy (non-hydrogen) atoms. The maximum Gasteiger partial charge on any atom is 0.271 e. The van der Waals surface area contributed by atoms with Crippen molar-refractivity contribution in [3.8, 4) is 5.75 Å². The molecular formula is C26H31N3O4. The van der Waals surface area contributed by atoms with E-state index < -0.39 is 5.60 Å². The van der Waals surface area contributed by atoms with E-state index in [-0.39, 0.29) is 30.3 Å². The second-order valence-electron chi connectivity index (χ2n) is 9.57. The van der Waals surface area contributed by atoms with E-state index in [1.807, 2.05) is 32.0 Å². The van der Waals surface area contributed by atoms with Crippen LogP contribution in [0.5, 0.6) is 5.75 Å². The Morgan fingerprint density at radius 2 is 1.73 bits per heavy atom. The summed E-state index contributed by atoms with van der Waals surface area (Å²) < 4.78 is 5.91. The molecule has 1 heterocycles. The molecule has 174 valence electrons. The Morgan fingerprint density at radius 3 is 2.39 bits per heavy atom. The largest absolute Gasteiger partial charge is 0.476 e. The van der Waals surface area contributed by atoms with E-state index in [9.17, 15) is 14.4 Å². The van der Waals surface area contributed by atoms with Gasteiger partial charge in [0.2, 0.25) is 5.91 Å². The Balaban J connectivity index is 1.58. The van der Waals surface area contributed by atoms with Crippen molar-refractivity contribution in [2.24, 2.45) is 0 Å². The van der Waals surface area contributed by atoms with Gasteiger partial charge < -0.3 is 15.4 Å². The molecule has 0 atom stereocenters. The SMILES string of the molecule is Cc1cc(C)cc(NC(=O)CN2C(=O)C(C)(C)Oc3ccc(C(=O)NC4CCCC4)cc32)c1. The number of hydrogen-bond donors (Lipinski definition) is 2. The van der Waals surface area contributed by atoms with E-state index >= 15 is 0 Å². The molecule has 1 saturated carbocycles. The minimum atomic E-state index is -1.12. The first-order valence-electron chi connectivity index (χ1n) is 11.5. The number of nitrogens with zero attached hydrogens (tertiary/aromatic N) is 1. The highest BCUT2D eigenvalue weighted by Gasteiger charge is 2.42. The van der Waals surface area contributed by atoms with Crippen molar-refractivity contribution >= 4 is 29.1 Å². The van der Waals surface area contributed by atoms with Crippen molar-refractivity contribution in [3.63, 3.8) is 0 Å². The summed E-state index contributed by atoms with van der Waals surface area (Å²) in [6, 6.07) is 11.0. The lowest BCUT2D eigenvalue weighted by Gasteiger charge is -2.38. The summed E-state index contributed by atoms with van der Waals surface area (Å²) in [6.45, 7) is 7.09. The molecule has 3 amide bonds. The molecule has 2 aromatic carbocycles. The van der Waals surface area contributed by atoms with E-state index in [1.54, 1.807) is 32.0 Å². The average Bonchev–Trinajstić information content (AvgIpc) is 3.23.